The smallest absolute Gasteiger partial charge is 0.0948 e. The van der Waals surface area contributed by atoms with E-state index in [4.69, 9.17) is 0 Å². The van der Waals surface area contributed by atoms with Crippen molar-refractivity contribution in [1.82, 2.24) is 4.90 Å². The quantitative estimate of drug-likeness (QED) is 0.819. The van der Waals surface area contributed by atoms with Crippen molar-refractivity contribution in [2.45, 2.75) is 50.3 Å². The number of aliphatic hydroxyl groups excluding tert-OH is 1. The Kier molecular flexibility index (Phi) is 2.49. The monoisotopic (exact) mass is 243 g/mol. The van der Waals surface area contributed by atoms with Gasteiger partial charge in [-0.1, -0.05) is 24.3 Å². The molecule has 1 aliphatic heterocycles. The highest BCUT2D eigenvalue weighted by molar-refractivity contribution is 5.33. The first kappa shape index (κ1) is 11.0. The number of hydrogen-bond donors (Lipinski definition) is 1. The maximum absolute atomic E-state index is 10.7. The molecule has 1 saturated carbocycles. The van der Waals surface area contributed by atoms with E-state index in [2.05, 4.69) is 29.2 Å². The highest BCUT2D eigenvalue weighted by Crippen LogP contribution is 2.43. The fourth-order valence-electron chi connectivity index (χ4n) is 4.44. The fourth-order valence-corrected chi connectivity index (χ4v) is 4.44. The van der Waals surface area contributed by atoms with Crippen LogP contribution in [0.4, 0.5) is 0 Å². The van der Waals surface area contributed by atoms with Crippen molar-refractivity contribution in [3.63, 3.8) is 0 Å². The summed E-state index contributed by atoms with van der Waals surface area (Å²) in [6.45, 7) is 1.23. The second-order valence-electron chi connectivity index (χ2n) is 6.28. The highest BCUT2D eigenvalue weighted by Gasteiger charge is 2.44. The van der Waals surface area contributed by atoms with Gasteiger partial charge in [-0.05, 0) is 49.1 Å². The lowest BCUT2D eigenvalue weighted by atomic mass is 9.84. The number of aryl methyl sites for hydroxylation is 1. The summed E-state index contributed by atoms with van der Waals surface area (Å²) in [6.07, 6.45) is 6.14. The molecule has 1 aromatic carbocycles. The minimum atomic E-state index is -0.269. The molecule has 0 amide bonds. The Labute approximate surface area is 109 Å². The first-order valence-electron chi connectivity index (χ1n) is 7.34. The Morgan fingerprint density at radius 1 is 1.11 bits per heavy atom. The molecule has 1 saturated heterocycles. The summed E-state index contributed by atoms with van der Waals surface area (Å²) in [5.74, 6) is 0.916. The fraction of sp³-hybridized carbons (Fsp3) is 0.625. The van der Waals surface area contributed by atoms with Crippen LogP contribution in [-0.2, 0) is 6.42 Å². The normalized spacial score (nSPS) is 38.9. The van der Waals surface area contributed by atoms with Crippen LogP contribution in [0.3, 0.4) is 0 Å². The maximum Gasteiger partial charge on any atom is 0.0948 e. The second-order valence-corrected chi connectivity index (χ2v) is 6.28. The van der Waals surface area contributed by atoms with Crippen molar-refractivity contribution in [2.75, 3.05) is 6.54 Å². The predicted octanol–water partition coefficient (Wildman–Crippen LogP) is 2.52. The van der Waals surface area contributed by atoms with E-state index < -0.39 is 0 Å². The van der Waals surface area contributed by atoms with E-state index in [0.29, 0.717) is 6.04 Å². The number of hydrogen-bond acceptors (Lipinski definition) is 2. The molecule has 2 nitrogen and oxygen atoms in total. The van der Waals surface area contributed by atoms with Gasteiger partial charge in [0.05, 0.1) is 6.10 Å². The van der Waals surface area contributed by atoms with Gasteiger partial charge in [0.25, 0.3) is 0 Å². The summed E-state index contributed by atoms with van der Waals surface area (Å²) < 4.78 is 0. The number of rotatable bonds is 1. The minimum Gasteiger partial charge on any atom is -0.387 e. The average molecular weight is 243 g/mol. The van der Waals surface area contributed by atoms with Crippen LogP contribution in [0.5, 0.6) is 0 Å². The molecule has 1 N–H and O–H groups in total. The van der Waals surface area contributed by atoms with Gasteiger partial charge >= 0.3 is 0 Å². The molecule has 0 radical (unpaired) electrons. The zero-order valence-electron chi connectivity index (χ0n) is 10.8. The van der Waals surface area contributed by atoms with Crippen molar-refractivity contribution in [3.05, 3.63) is 35.4 Å². The summed E-state index contributed by atoms with van der Waals surface area (Å²) >= 11 is 0. The van der Waals surface area contributed by atoms with Crippen molar-refractivity contribution >= 4 is 0 Å². The van der Waals surface area contributed by atoms with Crippen LogP contribution in [0.1, 0.15) is 42.9 Å². The van der Waals surface area contributed by atoms with E-state index in [9.17, 15) is 5.11 Å². The van der Waals surface area contributed by atoms with Gasteiger partial charge < -0.3 is 5.11 Å². The molecule has 96 valence electrons. The molecular formula is C16H21NO. The number of likely N-dealkylation sites (tertiary alicyclic amines) is 1. The first-order chi connectivity index (χ1) is 8.83. The lowest BCUT2D eigenvalue weighted by molar-refractivity contribution is 0.0194. The first-order valence-corrected chi connectivity index (χ1v) is 7.34. The van der Waals surface area contributed by atoms with E-state index in [0.717, 1.165) is 24.8 Å². The Balaban J connectivity index is 1.61. The second kappa shape index (κ2) is 4.07. The van der Waals surface area contributed by atoms with Gasteiger partial charge in [-0.25, -0.2) is 0 Å². The van der Waals surface area contributed by atoms with Gasteiger partial charge in [0, 0.05) is 18.6 Å². The third-order valence-electron chi connectivity index (χ3n) is 5.33. The standard InChI is InChI=1S/C16H21NO/c18-16-14-4-2-1-3-12(14)6-8-15(16)17-10-11-5-7-13(17)9-11/h1-4,11,13,15-16,18H,5-10H2. The summed E-state index contributed by atoms with van der Waals surface area (Å²) in [7, 11) is 0. The average Bonchev–Trinajstić information content (AvgIpc) is 3.02. The van der Waals surface area contributed by atoms with Crippen LogP contribution < -0.4 is 0 Å². The maximum atomic E-state index is 10.7. The van der Waals surface area contributed by atoms with Crippen LogP contribution in [0.15, 0.2) is 24.3 Å². The molecule has 1 heterocycles. The van der Waals surface area contributed by atoms with Crippen molar-refractivity contribution in [1.29, 1.82) is 0 Å². The molecule has 2 bridgehead atoms. The third-order valence-corrected chi connectivity index (χ3v) is 5.33. The van der Waals surface area contributed by atoms with Gasteiger partial charge in [-0.15, -0.1) is 0 Å². The molecule has 2 heteroatoms. The zero-order valence-corrected chi connectivity index (χ0v) is 10.8. The van der Waals surface area contributed by atoms with Crippen LogP contribution in [0, 0.1) is 5.92 Å². The summed E-state index contributed by atoms with van der Waals surface area (Å²) in [6, 6.07) is 9.56. The van der Waals surface area contributed by atoms with Crippen LogP contribution in [0.25, 0.3) is 0 Å². The molecule has 1 aromatic rings. The lowest BCUT2D eigenvalue weighted by Crippen LogP contribution is -2.46. The van der Waals surface area contributed by atoms with E-state index in [1.54, 1.807) is 0 Å². The molecule has 4 unspecified atom stereocenters. The van der Waals surface area contributed by atoms with E-state index >= 15 is 0 Å². The summed E-state index contributed by atoms with van der Waals surface area (Å²) in [5.41, 5.74) is 2.53. The van der Waals surface area contributed by atoms with Gasteiger partial charge in [-0.2, -0.15) is 0 Å². The van der Waals surface area contributed by atoms with Gasteiger partial charge in [0.2, 0.25) is 0 Å². The van der Waals surface area contributed by atoms with Gasteiger partial charge in [-0.3, -0.25) is 4.90 Å². The zero-order chi connectivity index (χ0) is 12.1. The largest absolute Gasteiger partial charge is 0.387 e. The van der Waals surface area contributed by atoms with E-state index in [1.807, 2.05) is 0 Å². The molecule has 3 aliphatic rings. The highest BCUT2D eigenvalue weighted by atomic mass is 16.3. The van der Waals surface area contributed by atoms with Crippen molar-refractivity contribution in [2.24, 2.45) is 5.92 Å². The Bertz CT molecular complexity index is 458. The van der Waals surface area contributed by atoms with Gasteiger partial charge in [0.1, 0.15) is 0 Å². The predicted molar refractivity (Wildman–Crippen MR) is 71.3 cm³/mol. The van der Waals surface area contributed by atoms with Crippen LogP contribution >= 0.6 is 0 Å². The van der Waals surface area contributed by atoms with E-state index in [1.165, 1.54) is 36.9 Å². The van der Waals surface area contributed by atoms with Crippen molar-refractivity contribution < 1.29 is 5.11 Å². The molecule has 2 aliphatic carbocycles. The summed E-state index contributed by atoms with van der Waals surface area (Å²) in [4.78, 5) is 2.62. The lowest BCUT2D eigenvalue weighted by Gasteiger charge is -2.40. The molecule has 18 heavy (non-hydrogen) atoms. The molecule has 2 fully saturated rings. The Hall–Kier alpha value is -0.860. The molecule has 0 aromatic heterocycles. The van der Waals surface area contributed by atoms with Crippen molar-refractivity contribution in [3.8, 4) is 0 Å². The number of nitrogens with zero attached hydrogens (tertiary/aromatic N) is 1. The number of fused-ring (bicyclic) bond motifs is 3. The molecular weight excluding hydrogens is 222 g/mol. The number of benzene rings is 1. The number of aliphatic hydroxyl groups is 1. The van der Waals surface area contributed by atoms with Crippen LogP contribution in [-0.4, -0.2) is 28.6 Å². The van der Waals surface area contributed by atoms with Crippen LogP contribution in [0.2, 0.25) is 0 Å². The third kappa shape index (κ3) is 1.55. The molecule has 4 rings (SSSR count). The Morgan fingerprint density at radius 3 is 2.78 bits per heavy atom. The topological polar surface area (TPSA) is 23.5 Å². The number of piperidine rings is 1. The van der Waals surface area contributed by atoms with E-state index in [-0.39, 0.29) is 6.10 Å². The SMILES string of the molecule is OC1c2ccccc2CCC1N1CC2CCC1C2. The molecule has 4 atom stereocenters. The molecule has 0 spiro atoms. The van der Waals surface area contributed by atoms with Gasteiger partial charge in [0.15, 0.2) is 0 Å². The Morgan fingerprint density at radius 2 is 2.00 bits per heavy atom. The minimum absolute atomic E-state index is 0.269. The summed E-state index contributed by atoms with van der Waals surface area (Å²) in [5, 5.41) is 10.7.